The van der Waals surface area contributed by atoms with Crippen molar-refractivity contribution in [3.8, 4) is 0 Å². The zero-order valence-corrected chi connectivity index (χ0v) is 18.0. The minimum absolute atomic E-state index is 0.0258. The van der Waals surface area contributed by atoms with Crippen LogP contribution in [0.3, 0.4) is 0 Å². The Bertz CT molecular complexity index is 797. The van der Waals surface area contributed by atoms with Gasteiger partial charge in [-0.3, -0.25) is 0 Å². The van der Waals surface area contributed by atoms with E-state index >= 15 is 0 Å². The molecule has 2 aromatic rings. The lowest BCUT2D eigenvalue weighted by molar-refractivity contribution is 0.447. The number of halogens is 2. The van der Waals surface area contributed by atoms with Crippen LogP contribution in [0.5, 0.6) is 0 Å². The molecule has 0 radical (unpaired) electrons. The van der Waals surface area contributed by atoms with E-state index in [1.165, 1.54) is 24.6 Å². The maximum Gasteiger partial charge on any atom is 0.171 e. The third kappa shape index (κ3) is 5.42. The molecule has 0 unspecified atom stereocenters. The van der Waals surface area contributed by atoms with Gasteiger partial charge in [-0.05, 0) is 73.8 Å². The molecular formula is C21H25BrFN3S. The van der Waals surface area contributed by atoms with Crippen molar-refractivity contribution in [2.24, 2.45) is 5.92 Å². The van der Waals surface area contributed by atoms with E-state index in [1.54, 1.807) is 12.1 Å². The van der Waals surface area contributed by atoms with E-state index in [0.29, 0.717) is 15.3 Å². The fraction of sp³-hybridized carbons (Fsp3) is 0.381. The van der Waals surface area contributed by atoms with Crippen LogP contribution >= 0.6 is 28.1 Å². The average Bonchev–Trinajstić information content (AvgIpc) is 2.64. The molecule has 1 aliphatic rings. The van der Waals surface area contributed by atoms with E-state index in [0.717, 1.165) is 24.6 Å². The van der Waals surface area contributed by atoms with Crippen LogP contribution in [0.1, 0.15) is 38.3 Å². The Hall–Kier alpha value is -1.66. The molecule has 0 saturated carbocycles. The fourth-order valence-electron chi connectivity index (χ4n) is 3.43. The molecule has 0 bridgehead atoms. The van der Waals surface area contributed by atoms with Gasteiger partial charge in [0.1, 0.15) is 5.82 Å². The van der Waals surface area contributed by atoms with Gasteiger partial charge in [-0.15, -0.1) is 0 Å². The highest BCUT2D eigenvalue weighted by atomic mass is 79.9. The molecule has 144 valence electrons. The van der Waals surface area contributed by atoms with E-state index in [4.69, 9.17) is 12.2 Å². The number of rotatable bonds is 4. The number of thiocarbonyl (C=S) groups is 1. The molecular weight excluding hydrogens is 425 g/mol. The quantitative estimate of drug-likeness (QED) is 0.570. The molecule has 3 nitrogen and oxygen atoms in total. The lowest BCUT2D eigenvalue weighted by Gasteiger charge is -2.33. The minimum Gasteiger partial charge on any atom is -0.371 e. The summed E-state index contributed by atoms with van der Waals surface area (Å²) < 4.78 is 14.6. The summed E-state index contributed by atoms with van der Waals surface area (Å²) in [5, 5.41) is 6.54. The van der Waals surface area contributed by atoms with Crippen LogP contribution in [0.4, 0.5) is 15.8 Å². The van der Waals surface area contributed by atoms with Gasteiger partial charge >= 0.3 is 0 Å². The lowest BCUT2D eigenvalue weighted by Crippen LogP contribution is -2.34. The van der Waals surface area contributed by atoms with Gasteiger partial charge in [0.25, 0.3) is 0 Å². The Morgan fingerprint density at radius 1 is 1.26 bits per heavy atom. The predicted molar refractivity (Wildman–Crippen MR) is 119 cm³/mol. The van der Waals surface area contributed by atoms with Gasteiger partial charge in [0.2, 0.25) is 0 Å². The molecule has 2 atom stereocenters. The van der Waals surface area contributed by atoms with E-state index in [2.05, 4.69) is 62.7 Å². The van der Waals surface area contributed by atoms with Crippen molar-refractivity contribution < 1.29 is 4.39 Å². The monoisotopic (exact) mass is 449 g/mol. The fourth-order valence-corrected chi connectivity index (χ4v) is 4.05. The second-order valence-electron chi connectivity index (χ2n) is 7.23. The molecule has 1 fully saturated rings. The number of nitrogens with zero attached hydrogens (tertiary/aromatic N) is 1. The summed E-state index contributed by atoms with van der Waals surface area (Å²) in [5.74, 6) is 0.405. The van der Waals surface area contributed by atoms with Crippen LogP contribution < -0.4 is 15.5 Å². The van der Waals surface area contributed by atoms with Crippen molar-refractivity contribution in [3.05, 3.63) is 58.3 Å². The van der Waals surface area contributed by atoms with Gasteiger partial charge in [-0.2, -0.15) is 0 Å². The normalized spacial score (nSPS) is 18.1. The van der Waals surface area contributed by atoms with Crippen molar-refractivity contribution in [2.45, 2.75) is 32.7 Å². The van der Waals surface area contributed by atoms with Gasteiger partial charge in [-0.1, -0.05) is 35.0 Å². The average molecular weight is 450 g/mol. The predicted octanol–water partition coefficient (Wildman–Crippen LogP) is 5.87. The summed E-state index contributed by atoms with van der Waals surface area (Å²) in [4.78, 5) is 2.46. The van der Waals surface area contributed by atoms with Crippen LogP contribution in [0.15, 0.2) is 46.9 Å². The van der Waals surface area contributed by atoms with Gasteiger partial charge in [-0.25, -0.2) is 4.39 Å². The number of hydrogen-bond acceptors (Lipinski definition) is 2. The Morgan fingerprint density at radius 3 is 2.67 bits per heavy atom. The largest absolute Gasteiger partial charge is 0.371 e. The van der Waals surface area contributed by atoms with E-state index < -0.39 is 0 Å². The van der Waals surface area contributed by atoms with Crippen molar-refractivity contribution >= 4 is 44.6 Å². The molecule has 1 aliphatic heterocycles. The summed E-state index contributed by atoms with van der Waals surface area (Å²) >= 11 is 8.59. The maximum atomic E-state index is 13.9. The summed E-state index contributed by atoms with van der Waals surface area (Å²) in [6, 6.07) is 13.5. The first-order valence-electron chi connectivity index (χ1n) is 9.30. The zero-order chi connectivity index (χ0) is 19.4. The Balaban J connectivity index is 1.58. The number of piperidine rings is 1. The first-order valence-corrected chi connectivity index (χ1v) is 10.5. The second kappa shape index (κ2) is 9.02. The molecule has 27 heavy (non-hydrogen) atoms. The third-order valence-corrected chi connectivity index (χ3v) is 5.66. The van der Waals surface area contributed by atoms with Crippen LogP contribution in [-0.4, -0.2) is 18.2 Å². The van der Waals surface area contributed by atoms with Gasteiger partial charge in [0, 0.05) is 23.2 Å². The van der Waals surface area contributed by atoms with Gasteiger partial charge in [0.15, 0.2) is 5.11 Å². The van der Waals surface area contributed by atoms with Crippen molar-refractivity contribution in [2.75, 3.05) is 23.3 Å². The SMILES string of the molecule is C[C@H]1CCCN(c2ccc([C@H](C)NC(=S)Nc3ccc(Br)cc3F)cc2)C1. The van der Waals surface area contributed by atoms with E-state index in [1.807, 2.05) is 6.92 Å². The maximum absolute atomic E-state index is 13.9. The molecule has 2 N–H and O–H groups in total. The summed E-state index contributed by atoms with van der Waals surface area (Å²) in [6.45, 7) is 6.61. The molecule has 1 saturated heterocycles. The Kier molecular flexibility index (Phi) is 6.71. The number of anilines is 2. The molecule has 2 aromatic carbocycles. The van der Waals surface area contributed by atoms with Crippen molar-refractivity contribution in [1.29, 1.82) is 0 Å². The summed E-state index contributed by atoms with van der Waals surface area (Å²) in [5.41, 5.74) is 2.77. The zero-order valence-electron chi connectivity index (χ0n) is 15.6. The van der Waals surface area contributed by atoms with Gasteiger partial charge < -0.3 is 15.5 Å². The Morgan fingerprint density at radius 2 is 2.00 bits per heavy atom. The van der Waals surface area contributed by atoms with E-state index in [9.17, 15) is 4.39 Å². The first-order chi connectivity index (χ1) is 12.9. The highest BCUT2D eigenvalue weighted by molar-refractivity contribution is 9.10. The molecule has 0 aliphatic carbocycles. The molecule has 0 amide bonds. The molecule has 1 heterocycles. The highest BCUT2D eigenvalue weighted by Gasteiger charge is 2.17. The standard InChI is InChI=1S/C21H25BrFN3S/c1-14-4-3-11-26(13-14)18-8-5-16(6-9-18)15(2)24-21(27)25-20-10-7-17(22)12-19(20)23/h5-10,12,14-15H,3-4,11,13H2,1-2H3,(H2,24,25,27)/t14-,15-/m0/s1. The number of hydrogen-bond donors (Lipinski definition) is 2. The van der Waals surface area contributed by atoms with Crippen LogP contribution in [0.2, 0.25) is 0 Å². The molecule has 0 aromatic heterocycles. The minimum atomic E-state index is -0.346. The molecule has 3 rings (SSSR count). The highest BCUT2D eigenvalue weighted by Crippen LogP contribution is 2.25. The third-order valence-electron chi connectivity index (χ3n) is 4.94. The van der Waals surface area contributed by atoms with Crippen LogP contribution in [0, 0.1) is 11.7 Å². The molecule has 0 spiro atoms. The summed E-state index contributed by atoms with van der Waals surface area (Å²) in [7, 11) is 0. The Labute approximate surface area is 174 Å². The van der Waals surface area contributed by atoms with Crippen molar-refractivity contribution in [3.63, 3.8) is 0 Å². The summed E-state index contributed by atoms with van der Waals surface area (Å²) in [6.07, 6.45) is 2.58. The number of benzene rings is 2. The topological polar surface area (TPSA) is 27.3 Å². The van der Waals surface area contributed by atoms with Crippen LogP contribution in [-0.2, 0) is 0 Å². The first kappa shape index (κ1) is 20.1. The van der Waals surface area contributed by atoms with Gasteiger partial charge in [0.05, 0.1) is 11.7 Å². The van der Waals surface area contributed by atoms with Crippen molar-refractivity contribution in [1.82, 2.24) is 5.32 Å². The molecule has 6 heteroatoms. The smallest absolute Gasteiger partial charge is 0.171 e. The van der Waals surface area contributed by atoms with E-state index in [-0.39, 0.29) is 11.9 Å². The second-order valence-corrected chi connectivity index (χ2v) is 8.55. The lowest BCUT2D eigenvalue weighted by atomic mass is 9.99. The van der Waals surface area contributed by atoms with Crippen LogP contribution in [0.25, 0.3) is 0 Å². The number of nitrogens with one attached hydrogen (secondary N) is 2.